The number of benzene rings is 1. The first-order valence-corrected chi connectivity index (χ1v) is 7.12. The van der Waals surface area contributed by atoms with Crippen molar-refractivity contribution >= 4 is 16.6 Å². The van der Waals surface area contributed by atoms with Crippen molar-refractivity contribution in [3.8, 4) is 6.07 Å². The van der Waals surface area contributed by atoms with E-state index in [1.807, 2.05) is 6.07 Å². The molecule has 3 rings (SSSR count). The highest BCUT2D eigenvalue weighted by molar-refractivity contribution is 5.95. The number of nitrogens with one attached hydrogen (secondary N) is 1. The summed E-state index contributed by atoms with van der Waals surface area (Å²) in [7, 11) is 1.70. The normalized spacial score (nSPS) is 20.8. The summed E-state index contributed by atoms with van der Waals surface area (Å²) in [6, 6.07) is 8.77. The molecular formula is C16H16F2N4. The number of nitrogens with zero attached hydrogens (tertiary/aromatic N) is 3. The number of alkyl halides is 2. The molecule has 2 aromatic rings. The number of likely N-dealkylation sites (N-methyl/N-ethyl adjacent to an activating group) is 1. The monoisotopic (exact) mass is 302 g/mol. The molecule has 0 aliphatic carbocycles. The molecule has 0 radical (unpaired) electrons. The van der Waals surface area contributed by atoms with E-state index >= 15 is 0 Å². The van der Waals surface area contributed by atoms with E-state index in [-0.39, 0.29) is 19.0 Å². The van der Waals surface area contributed by atoms with Crippen LogP contribution in [0.4, 0.5) is 14.5 Å². The highest BCUT2D eigenvalue weighted by Crippen LogP contribution is 2.34. The summed E-state index contributed by atoms with van der Waals surface area (Å²) < 4.78 is 27.9. The van der Waals surface area contributed by atoms with Crippen molar-refractivity contribution in [2.75, 3.05) is 25.0 Å². The third kappa shape index (κ3) is 2.60. The Kier molecular flexibility index (Phi) is 3.67. The van der Waals surface area contributed by atoms with Gasteiger partial charge in [0.25, 0.3) is 5.92 Å². The fraction of sp³-hybridized carbons (Fsp3) is 0.375. The second kappa shape index (κ2) is 5.50. The number of aromatic nitrogens is 1. The minimum atomic E-state index is -2.74. The zero-order chi connectivity index (χ0) is 15.7. The van der Waals surface area contributed by atoms with Crippen molar-refractivity contribution in [1.29, 1.82) is 5.26 Å². The third-order valence-corrected chi connectivity index (χ3v) is 4.02. The van der Waals surface area contributed by atoms with E-state index in [4.69, 9.17) is 5.26 Å². The Labute approximate surface area is 127 Å². The van der Waals surface area contributed by atoms with Gasteiger partial charge in [-0.3, -0.25) is 4.98 Å². The van der Waals surface area contributed by atoms with Crippen molar-refractivity contribution in [2.24, 2.45) is 0 Å². The zero-order valence-corrected chi connectivity index (χ0v) is 12.2. The maximum absolute atomic E-state index is 14.0. The molecule has 2 heterocycles. The minimum Gasteiger partial charge on any atom is -0.363 e. The molecule has 114 valence electrons. The SMILES string of the molecule is CNC1CN(c2ccc(C#N)c3ncccc23)CC(F)(F)C1. The smallest absolute Gasteiger partial charge is 0.266 e. The summed E-state index contributed by atoms with van der Waals surface area (Å²) >= 11 is 0. The molecular weight excluding hydrogens is 286 g/mol. The summed E-state index contributed by atoms with van der Waals surface area (Å²) in [5, 5.41) is 12.8. The molecule has 1 aromatic heterocycles. The molecule has 1 atom stereocenters. The highest BCUT2D eigenvalue weighted by atomic mass is 19.3. The van der Waals surface area contributed by atoms with E-state index in [2.05, 4.69) is 16.4 Å². The van der Waals surface area contributed by atoms with Gasteiger partial charge < -0.3 is 10.2 Å². The molecule has 0 bridgehead atoms. The number of hydrogen-bond donors (Lipinski definition) is 1. The number of halogens is 2. The Morgan fingerprint density at radius 2 is 2.23 bits per heavy atom. The average molecular weight is 302 g/mol. The van der Waals surface area contributed by atoms with Crippen LogP contribution in [0.2, 0.25) is 0 Å². The lowest BCUT2D eigenvalue weighted by molar-refractivity contribution is -0.0206. The first-order chi connectivity index (χ1) is 10.5. The van der Waals surface area contributed by atoms with Crippen LogP contribution in [0.3, 0.4) is 0 Å². The molecule has 1 aliphatic rings. The van der Waals surface area contributed by atoms with Gasteiger partial charge in [0, 0.05) is 36.3 Å². The van der Waals surface area contributed by atoms with Gasteiger partial charge in [-0.15, -0.1) is 0 Å². The van der Waals surface area contributed by atoms with Gasteiger partial charge in [-0.05, 0) is 31.3 Å². The molecule has 1 saturated heterocycles. The lowest BCUT2D eigenvalue weighted by atomic mass is 10.00. The predicted octanol–water partition coefficient (Wildman–Crippen LogP) is 2.54. The second-order valence-corrected chi connectivity index (χ2v) is 5.57. The van der Waals surface area contributed by atoms with E-state index in [1.165, 1.54) is 0 Å². The molecule has 0 saturated carbocycles. The maximum Gasteiger partial charge on any atom is 0.266 e. The molecule has 1 N–H and O–H groups in total. The van der Waals surface area contributed by atoms with Crippen LogP contribution in [0.15, 0.2) is 30.5 Å². The van der Waals surface area contributed by atoms with Gasteiger partial charge in [-0.1, -0.05) is 0 Å². The van der Waals surface area contributed by atoms with E-state index in [0.29, 0.717) is 23.3 Å². The number of fused-ring (bicyclic) bond motifs is 1. The largest absolute Gasteiger partial charge is 0.363 e. The summed E-state index contributed by atoms with van der Waals surface area (Å²) in [6.45, 7) is 0.184. The van der Waals surface area contributed by atoms with Crippen molar-refractivity contribution in [1.82, 2.24) is 10.3 Å². The number of piperidine rings is 1. The molecule has 4 nitrogen and oxygen atoms in total. The first-order valence-electron chi connectivity index (χ1n) is 7.12. The Morgan fingerprint density at radius 3 is 2.95 bits per heavy atom. The Morgan fingerprint density at radius 1 is 1.41 bits per heavy atom. The summed E-state index contributed by atoms with van der Waals surface area (Å²) in [4.78, 5) is 5.91. The fourth-order valence-corrected chi connectivity index (χ4v) is 3.00. The summed E-state index contributed by atoms with van der Waals surface area (Å²) in [6.07, 6.45) is 1.45. The zero-order valence-electron chi connectivity index (χ0n) is 12.2. The number of pyridine rings is 1. The lowest BCUT2D eigenvalue weighted by Gasteiger charge is -2.39. The fourth-order valence-electron chi connectivity index (χ4n) is 3.00. The van der Waals surface area contributed by atoms with Crippen LogP contribution < -0.4 is 10.2 Å². The van der Waals surface area contributed by atoms with Crippen LogP contribution in [0, 0.1) is 11.3 Å². The third-order valence-electron chi connectivity index (χ3n) is 4.02. The number of rotatable bonds is 2. The van der Waals surface area contributed by atoms with Gasteiger partial charge >= 0.3 is 0 Å². The molecule has 1 aromatic carbocycles. The van der Waals surface area contributed by atoms with E-state index in [0.717, 1.165) is 5.39 Å². The van der Waals surface area contributed by atoms with Crippen LogP contribution in [-0.4, -0.2) is 37.1 Å². The molecule has 0 spiro atoms. The molecule has 22 heavy (non-hydrogen) atoms. The van der Waals surface area contributed by atoms with Gasteiger partial charge in [0.05, 0.1) is 17.6 Å². The van der Waals surface area contributed by atoms with Crippen LogP contribution in [0.1, 0.15) is 12.0 Å². The van der Waals surface area contributed by atoms with Gasteiger partial charge in [-0.2, -0.15) is 5.26 Å². The Bertz CT molecular complexity index is 738. The standard InChI is InChI=1S/C16H16F2N4/c1-20-12-7-16(17,18)10-22(9-12)14-5-4-11(8-19)15-13(14)3-2-6-21-15/h2-6,12,20H,7,9-10H2,1H3. The van der Waals surface area contributed by atoms with Gasteiger partial charge in [0.1, 0.15) is 6.07 Å². The van der Waals surface area contributed by atoms with Crippen molar-refractivity contribution in [3.05, 3.63) is 36.0 Å². The quantitative estimate of drug-likeness (QED) is 0.926. The first kappa shape index (κ1) is 14.7. The Hall–Kier alpha value is -2.26. The molecule has 6 heteroatoms. The van der Waals surface area contributed by atoms with Crippen LogP contribution in [0.25, 0.3) is 10.9 Å². The molecule has 1 aliphatic heterocycles. The van der Waals surface area contributed by atoms with Gasteiger partial charge in [0.2, 0.25) is 0 Å². The summed E-state index contributed by atoms with van der Waals surface area (Å²) in [5.74, 6) is -2.74. The van der Waals surface area contributed by atoms with E-state index in [1.54, 1.807) is 36.3 Å². The molecule has 1 unspecified atom stereocenters. The van der Waals surface area contributed by atoms with E-state index in [9.17, 15) is 8.78 Å². The van der Waals surface area contributed by atoms with Crippen molar-refractivity contribution < 1.29 is 8.78 Å². The van der Waals surface area contributed by atoms with Crippen LogP contribution >= 0.6 is 0 Å². The maximum atomic E-state index is 14.0. The van der Waals surface area contributed by atoms with Crippen molar-refractivity contribution in [3.63, 3.8) is 0 Å². The predicted molar refractivity (Wildman–Crippen MR) is 81.1 cm³/mol. The number of anilines is 1. The Balaban J connectivity index is 2.08. The van der Waals surface area contributed by atoms with Crippen LogP contribution in [0.5, 0.6) is 0 Å². The summed E-state index contributed by atoms with van der Waals surface area (Å²) in [5.41, 5.74) is 1.70. The topological polar surface area (TPSA) is 52.0 Å². The highest BCUT2D eigenvalue weighted by Gasteiger charge is 2.40. The van der Waals surface area contributed by atoms with Crippen molar-refractivity contribution in [2.45, 2.75) is 18.4 Å². The number of nitriles is 1. The average Bonchev–Trinajstić information content (AvgIpc) is 2.52. The molecule has 1 fully saturated rings. The van der Waals surface area contributed by atoms with Gasteiger partial charge in [-0.25, -0.2) is 8.78 Å². The second-order valence-electron chi connectivity index (χ2n) is 5.57. The lowest BCUT2D eigenvalue weighted by Crippen LogP contribution is -2.53. The van der Waals surface area contributed by atoms with Crippen LogP contribution in [-0.2, 0) is 0 Å². The number of hydrogen-bond acceptors (Lipinski definition) is 4. The molecule has 0 amide bonds. The minimum absolute atomic E-state index is 0.160. The van der Waals surface area contributed by atoms with E-state index < -0.39 is 5.92 Å². The van der Waals surface area contributed by atoms with Gasteiger partial charge in [0.15, 0.2) is 0 Å².